The number of carbonyl (C=O) groups is 1. The first-order valence-electron chi connectivity index (χ1n) is 8.27. The largest absolute Gasteiger partial charge is 0.359 e. The van der Waals surface area contributed by atoms with Gasteiger partial charge in [0, 0.05) is 23.9 Å². The summed E-state index contributed by atoms with van der Waals surface area (Å²) in [7, 11) is 0. The van der Waals surface area contributed by atoms with E-state index >= 15 is 0 Å². The van der Waals surface area contributed by atoms with Gasteiger partial charge in [-0.05, 0) is 44.7 Å². The minimum Gasteiger partial charge on any atom is -0.359 e. The van der Waals surface area contributed by atoms with Gasteiger partial charge in [-0.1, -0.05) is 17.3 Å². The zero-order valence-electron chi connectivity index (χ0n) is 14.1. The van der Waals surface area contributed by atoms with Crippen molar-refractivity contribution in [3.8, 4) is 0 Å². The molecule has 24 heavy (non-hydrogen) atoms. The Morgan fingerprint density at radius 1 is 1.46 bits per heavy atom. The normalized spacial score (nSPS) is 18.0. The fourth-order valence-electron chi connectivity index (χ4n) is 3.16. The highest BCUT2D eigenvalue weighted by Gasteiger charge is 2.29. The third kappa shape index (κ3) is 3.99. The molecule has 1 amide bonds. The Hall–Kier alpha value is -1.79. The topological polar surface area (TPSA) is 58.4 Å². The lowest BCUT2D eigenvalue weighted by Gasteiger charge is -2.22. The molecule has 6 heteroatoms. The molecule has 2 aromatic rings. The number of amides is 1. The molecule has 2 heterocycles. The van der Waals surface area contributed by atoms with Gasteiger partial charge in [0.2, 0.25) is 5.91 Å². The van der Waals surface area contributed by atoms with Crippen molar-refractivity contribution < 1.29 is 9.32 Å². The number of aryl methyl sites for hydroxylation is 1. The minimum atomic E-state index is 0.0518. The van der Waals surface area contributed by atoms with Crippen LogP contribution in [0, 0.1) is 6.92 Å². The van der Waals surface area contributed by atoms with Crippen LogP contribution < -0.4 is 5.32 Å². The van der Waals surface area contributed by atoms with Crippen LogP contribution >= 0.6 is 11.8 Å². The summed E-state index contributed by atoms with van der Waals surface area (Å²) >= 11 is 1.64. The molecule has 1 aromatic carbocycles. The average molecular weight is 345 g/mol. The van der Waals surface area contributed by atoms with Crippen LogP contribution in [0.5, 0.6) is 0 Å². The van der Waals surface area contributed by atoms with Crippen molar-refractivity contribution in [2.75, 3.05) is 24.7 Å². The van der Waals surface area contributed by atoms with Crippen molar-refractivity contribution in [1.82, 2.24) is 10.1 Å². The molecule has 0 bridgehead atoms. The number of carbonyl (C=O) groups excluding carboxylic acids is 1. The van der Waals surface area contributed by atoms with E-state index in [0.717, 1.165) is 48.0 Å². The van der Waals surface area contributed by atoms with Crippen LogP contribution in [0.2, 0.25) is 0 Å². The fraction of sp³-hybridized carbons (Fsp3) is 0.444. The zero-order chi connectivity index (χ0) is 16.9. The molecular formula is C18H23N3O2S. The lowest BCUT2D eigenvalue weighted by atomic mass is 10.1. The average Bonchev–Trinajstić information content (AvgIpc) is 3.22. The van der Waals surface area contributed by atoms with Crippen LogP contribution in [0.4, 0.5) is 5.69 Å². The van der Waals surface area contributed by atoms with Crippen LogP contribution in [0.15, 0.2) is 39.8 Å². The van der Waals surface area contributed by atoms with Gasteiger partial charge >= 0.3 is 0 Å². The smallest absolute Gasteiger partial charge is 0.225 e. The first kappa shape index (κ1) is 17.0. The molecule has 1 aromatic heterocycles. The van der Waals surface area contributed by atoms with Crippen LogP contribution in [-0.2, 0) is 4.79 Å². The molecule has 1 saturated heterocycles. The highest BCUT2D eigenvalue weighted by Crippen LogP contribution is 2.32. The molecule has 1 aliphatic rings. The van der Waals surface area contributed by atoms with Gasteiger partial charge in [0.15, 0.2) is 5.76 Å². The number of para-hydroxylation sites is 1. The number of likely N-dealkylation sites (tertiary alicyclic amines) is 1. The highest BCUT2D eigenvalue weighted by molar-refractivity contribution is 7.98. The van der Waals surface area contributed by atoms with Gasteiger partial charge in [-0.25, -0.2) is 0 Å². The van der Waals surface area contributed by atoms with Gasteiger partial charge in [-0.2, -0.15) is 0 Å². The summed E-state index contributed by atoms with van der Waals surface area (Å²) in [5, 5.41) is 7.00. The Bertz CT molecular complexity index is 701. The molecule has 0 aliphatic carbocycles. The molecule has 0 spiro atoms. The van der Waals surface area contributed by atoms with Gasteiger partial charge < -0.3 is 9.84 Å². The number of anilines is 1. The Morgan fingerprint density at radius 3 is 3.04 bits per heavy atom. The molecule has 1 fully saturated rings. The Balaban J connectivity index is 1.56. The Kier molecular flexibility index (Phi) is 5.58. The number of nitrogens with one attached hydrogen (secondary N) is 1. The zero-order valence-corrected chi connectivity index (χ0v) is 14.9. The monoisotopic (exact) mass is 345 g/mol. The second-order valence-corrected chi connectivity index (χ2v) is 6.91. The van der Waals surface area contributed by atoms with E-state index in [4.69, 9.17) is 4.52 Å². The molecule has 1 aliphatic heterocycles. The number of aromatic nitrogens is 1. The van der Waals surface area contributed by atoms with Crippen molar-refractivity contribution in [3.63, 3.8) is 0 Å². The molecule has 1 N–H and O–H groups in total. The molecule has 1 unspecified atom stereocenters. The molecular weight excluding hydrogens is 322 g/mol. The van der Waals surface area contributed by atoms with Crippen LogP contribution in [0.1, 0.15) is 36.8 Å². The standard InChI is InChI=1S/C18H23N3O2S/c1-13-12-16(23-20-13)15-7-5-10-21(15)11-9-18(22)19-14-6-3-4-8-17(14)24-2/h3-4,6,8,12,15H,5,7,9-11H2,1-2H3,(H,19,22). The summed E-state index contributed by atoms with van der Waals surface area (Å²) in [5.74, 6) is 0.967. The quantitative estimate of drug-likeness (QED) is 0.806. The second kappa shape index (κ2) is 7.85. The van der Waals surface area contributed by atoms with Crippen molar-refractivity contribution in [1.29, 1.82) is 0 Å². The van der Waals surface area contributed by atoms with Gasteiger partial charge in [-0.3, -0.25) is 9.69 Å². The second-order valence-electron chi connectivity index (χ2n) is 6.06. The Labute approximate surface area is 146 Å². The SMILES string of the molecule is CSc1ccccc1NC(=O)CCN1CCCC1c1cc(C)no1. The predicted octanol–water partition coefficient (Wildman–Crippen LogP) is 3.87. The third-order valence-electron chi connectivity index (χ3n) is 4.35. The van der Waals surface area contributed by atoms with Crippen molar-refractivity contribution in [2.45, 2.75) is 37.1 Å². The van der Waals surface area contributed by atoms with E-state index in [1.807, 2.05) is 43.5 Å². The van der Waals surface area contributed by atoms with Gasteiger partial charge in [0.1, 0.15) is 0 Å². The van der Waals surface area contributed by atoms with E-state index in [2.05, 4.69) is 15.4 Å². The first-order chi connectivity index (χ1) is 11.7. The van der Waals surface area contributed by atoms with E-state index in [1.165, 1.54) is 0 Å². The number of thioether (sulfide) groups is 1. The van der Waals surface area contributed by atoms with Crippen molar-refractivity contribution in [3.05, 3.63) is 41.8 Å². The number of hydrogen-bond donors (Lipinski definition) is 1. The van der Waals surface area contributed by atoms with Crippen molar-refractivity contribution >= 4 is 23.4 Å². The minimum absolute atomic E-state index is 0.0518. The summed E-state index contributed by atoms with van der Waals surface area (Å²) in [6.45, 7) is 3.67. The number of benzene rings is 1. The Morgan fingerprint density at radius 2 is 2.29 bits per heavy atom. The van der Waals surface area contributed by atoms with Gasteiger partial charge in [0.25, 0.3) is 0 Å². The van der Waals surface area contributed by atoms with Gasteiger partial charge in [-0.15, -0.1) is 11.8 Å². The van der Waals surface area contributed by atoms with Crippen molar-refractivity contribution in [2.24, 2.45) is 0 Å². The summed E-state index contributed by atoms with van der Waals surface area (Å²) in [6, 6.07) is 10.1. The molecule has 5 nitrogen and oxygen atoms in total. The lowest BCUT2D eigenvalue weighted by Crippen LogP contribution is -2.27. The molecule has 1 atom stereocenters. The first-order valence-corrected chi connectivity index (χ1v) is 9.50. The van der Waals surface area contributed by atoms with E-state index in [0.29, 0.717) is 6.42 Å². The van der Waals surface area contributed by atoms with E-state index in [-0.39, 0.29) is 11.9 Å². The molecule has 0 saturated carbocycles. The lowest BCUT2D eigenvalue weighted by molar-refractivity contribution is -0.116. The maximum absolute atomic E-state index is 12.3. The van der Waals surface area contributed by atoms with Gasteiger partial charge in [0.05, 0.1) is 17.4 Å². The molecule has 0 radical (unpaired) electrons. The maximum Gasteiger partial charge on any atom is 0.225 e. The van der Waals surface area contributed by atoms with E-state index in [1.54, 1.807) is 11.8 Å². The van der Waals surface area contributed by atoms with E-state index < -0.39 is 0 Å². The predicted molar refractivity (Wildman–Crippen MR) is 96.3 cm³/mol. The molecule has 128 valence electrons. The maximum atomic E-state index is 12.3. The summed E-state index contributed by atoms with van der Waals surface area (Å²) < 4.78 is 5.42. The summed E-state index contributed by atoms with van der Waals surface area (Å²) in [5.41, 5.74) is 1.79. The molecule has 3 rings (SSSR count). The summed E-state index contributed by atoms with van der Waals surface area (Å²) in [6.07, 6.45) is 4.68. The van der Waals surface area contributed by atoms with Crippen LogP contribution in [-0.4, -0.2) is 35.3 Å². The van der Waals surface area contributed by atoms with Crippen LogP contribution in [0.25, 0.3) is 0 Å². The van der Waals surface area contributed by atoms with Crippen LogP contribution in [0.3, 0.4) is 0 Å². The highest BCUT2D eigenvalue weighted by atomic mass is 32.2. The fourth-order valence-corrected chi connectivity index (χ4v) is 3.72. The summed E-state index contributed by atoms with van der Waals surface area (Å²) in [4.78, 5) is 15.7. The number of rotatable bonds is 6. The third-order valence-corrected chi connectivity index (χ3v) is 5.14. The number of nitrogens with zero attached hydrogens (tertiary/aromatic N) is 2. The van der Waals surface area contributed by atoms with E-state index in [9.17, 15) is 4.79 Å². The number of hydrogen-bond acceptors (Lipinski definition) is 5.